The number of quaternary nitrogens is 1. The molecule has 1 heterocycles. The van der Waals surface area contributed by atoms with Crippen molar-refractivity contribution in [1.29, 1.82) is 0 Å². The van der Waals surface area contributed by atoms with Crippen molar-refractivity contribution >= 4 is 22.0 Å². The van der Waals surface area contributed by atoms with Crippen molar-refractivity contribution in [2.75, 3.05) is 41.5 Å². The monoisotopic (exact) mass is 504 g/mol. The lowest BCUT2D eigenvalue weighted by molar-refractivity contribution is -0.144. The van der Waals surface area contributed by atoms with Gasteiger partial charge in [0, 0.05) is 0 Å². The highest BCUT2D eigenvalue weighted by Crippen LogP contribution is 2.20. The number of alkyl halides is 3. The van der Waals surface area contributed by atoms with Crippen molar-refractivity contribution in [2.24, 2.45) is 0 Å². The molecule has 11 nitrogen and oxygen atoms in total. The minimum absolute atomic E-state index is 0.116. The fraction of sp³-hybridized carbons (Fsp3) is 0.778. The van der Waals surface area contributed by atoms with E-state index in [1.165, 1.54) is 39.9 Å². The van der Waals surface area contributed by atoms with Gasteiger partial charge in [0.05, 0.1) is 34.9 Å². The largest absolute Gasteiger partial charge is 0.741 e. The highest BCUT2D eigenvalue weighted by atomic mass is 32.2. The SMILES string of the molecule is CCCCCCCCOC(=O)C[N+](C)(C)c1nc(OC)nc(OC)n1.O=S(=O)([O-])C(F)(F)F. The second-order valence-corrected chi connectivity index (χ2v) is 8.71. The van der Waals surface area contributed by atoms with Crippen molar-refractivity contribution in [3.63, 3.8) is 0 Å². The number of unbranched alkanes of at least 4 members (excludes halogenated alkanes) is 5. The smallest absolute Gasteiger partial charge is 0.485 e. The van der Waals surface area contributed by atoms with Gasteiger partial charge in [0.15, 0.2) is 16.7 Å². The summed E-state index contributed by atoms with van der Waals surface area (Å²) in [4.78, 5) is 24.5. The summed E-state index contributed by atoms with van der Waals surface area (Å²) in [6.07, 6.45) is 6.93. The summed E-state index contributed by atoms with van der Waals surface area (Å²) in [6.45, 7) is 2.76. The molecule has 0 saturated heterocycles. The third-order valence-electron chi connectivity index (χ3n) is 4.06. The lowest BCUT2D eigenvalue weighted by Crippen LogP contribution is -2.46. The predicted octanol–water partition coefficient (Wildman–Crippen LogP) is 2.41. The summed E-state index contributed by atoms with van der Waals surface area (Å²) in [7, 11) is 0.480. The van der Waals surface area contributed by atoms with Crippen LogP contribution in [0.1, 0.15) is 45.4 Å². The van der Waals surface area contributed by atoms with E-state index in [0.717, 1.165) is 12.8 Å². The second-order valence-electron chi connectivity index (χ2n) is 7.34. The summed E-state index contributed by atoms with van der Waals surface area (Å²) in [5.41, 5.74) is -5.65. The van der Waals surface area contributed by atoms with E-state index in [-0.39, 0.29) is 29.0 Å². The number of carbonyl (C=O) groups is 1. The number of likely N-dealkylation sites (N-methyl/N-ethyl adjacent to an activating group) is 1. The van der Waals surface area contributed by atoms with E-state index < -0.39 is 15.6 Å². The standard InChI is InChI=1S/C17H31N4O4.CHF3O3S/c1-6-7-8-9-10-11-12-25-14(22)13-21(2,3)15-18-16(23-4)20-17(19-15)24-5;2-1(3,4)8(5,6)7/h6-13H2,1-5H3;(H,5,6,7)/q+1;/p-1. The highest BCUT2D eigenvalue weighted by molar-refractivity contribution is 7.86. The Hall–Kier alpha value is -2.26. The van der Waals surface area contributed by atoms with Gasteiger partial charge < -0.3 is 18.8 Å². The fourth-order valence-corrected chi connectivity index (χ4v) is 2.29. The molecule has 0 aromatic carbocycles. The van der Waals surface area contributed by atoms with Crippen LogP contribution in [-0.4, -0.2) is 80.9 Å². The Kier molecular flexibility index (Phi) is 13.1. The molecule has 0 aliphatic heterocycles. The van der Waals surface area contributed by atoms with E-state index in [1.54, 1.807) is 0 Å². The maximum absolute atomic E-state index is 12.1. The number of ether oxygens (including phenoxy) is 3. The first-order valence-electron chi connectivity index (χ1n) is 10.0. The Balaban J connectivity index is 0.00000109. The van der Waals surface area contributed by atoms with Crippen molar-refractivity contribution in [3.8, 4) is 12.0 Å². The number of halogens is 3. The molecule has 0 atom stereocenters. The molecular formula is C18H31F3N4O7S. The molecule has 0 N–H and O–H groups in total. The molecular weight excluding hydrogens is 473 g/mol. The molecule has 33 heavy (non-hydrogen) atoms. The molecule has 1 aromatic heterocycles. The van der Waals surface area contributed by atoms with E-state index >= 15 is 0 Å². The van der Waals surface area contributed by atoms with E-state index in [0.29, 0.717) is 12.6 Å². The van der Waals surface area contributed by atoms with Gasteiger partial charge in [-0.3, -0.25) is 4.48 Å². The average Bonchev–Trinajstić information content (AvgIpc) is 2.71. The molecule has 1 rings (SSSR count). The summed E-state index contributed by atoms with van der Waals surface area (Å²) >= 11 is 0. The first-order chi connectivity index (χ1) is 15.2. The predicted molar refractivity (Wildman–Crippen MR) is 112 cm³/mol. The van der Waals surface area contributed by atoms with Gasteiger partial charge in [-0.05, 0) is 6.42 Å². The van der Waals surface area contributed by atoms with E-state index in [9.17, 15) is 18.0 Å². The number of hydrogen-bond donors (Lipinski definition) is 0. The summed E-state index contributed by atoms with van der Waals surface area (Å²) in [5.74, 6) is 0.0946. The van der Waals surface area contributed by atoms with Gasteiger partial charge in [-0.15, -0.1) is 15.0 Å². The summed E-state index contributed by atoms with van der Waals surface area (Å²) in [6, 6.07) is 0.294. The molecule has 0 radical (unpaired) electrons. The number of esters is 1. The molecule has 1 aromatic rings. The molecule has 0 spiro atoms. The Morgan fingerprint density at radius 1 is 0.970 bits per heavy atom. The number of rotatable bonds is 12. The van der Waals surface area contributed by atoms with Crippen molar-refractivity contribution in [1.82, 2.24) is 19.4 Å². The third-order valence-corrected chi connectivity index (χ3v) is 4.62. The minimum atomic E-state index is -6.09. The summed E-state index contributed by atoms with van der Waals surface area (Å²) in [5, 5.41) is 0. The number of nitrogens with zero attached hydrogens (tertiary/aromatic N) is 4. The molecule has 0 amide bonds. The highest BCUT2D eigenvalue weighted by Gasteiger charge is 2.37. The molecule has 15 heteroatoms. The van der Waals surface area contributed by atoms with Crippen LogP contribution in [0.5, 0.6) is 12.0 Å². The van der Waals surface area contributed by atoms with Crippen LogP contribution in [0.3, 0.4) is 0 Å². The van der Waals surface area contributed by atoms with Crippen LogP contribution < -0.4 is 14.0 Å². The zero-order chi connectivity index (χ0) is 25.7. The van der Waals surface area contributed by atoms with Crippen LogP contribution >= 0.6 is 0 Å². The topological polar surface area (TPSA) is 141 Å². The van der Waals surface area contributed by atoms with E-state index in [2.05, 4.69) is 21.9 Å². The molecule has 0 saturated carbocycles. The molecule has 0 unspecified atom stereocenters. The first kappa shape index (κ1) is 30.7. The zero-order valence-electron chi connectivity index (χ0n) is 19.3. The maximum Gasteiger partial charge on any atom is 0.485 e. The lowest BCUT2D eigenvalue weighted by Gasteiger charge is -2.25. The fourth-order valence-electron chi connectivity index (χ4n) is 2.29. The van der Waals surface area contributed by atoms with Crippen molar-refractivity contribution in [2.45, 2.75) is 51.0 Å². The van der Waals surface area contributed by atoms with Gasteiger partial charge in [-0.1, -0.05) is 39.0 Å². The number of carbonyl (C=O) groups excluding carboxylic acids is 1. The zero-order valence-corrected chi connectivity index (χ0v) is 20.2. The van der Waals surface area contributed by atoms with Gasteiger partial charge in [0.1, 0.15) is 0 Å². The maximum atomic E-state index is 12.1. The molecule has 0 aliphatic rings. The molecule has 192 valence electrons. The van der Waals surface area contributed by atoms with E-state index in [4.69, 9.17) is 27.2 Å². The van der Waals surface area contributed by atoms with Crippen LogP contribution in [-0.2, 0) is 19.6 Å². The molecule has 0 aliphatic carbocycles. The van der Waals surface area contributed by atoms with Crippen molar-refractivity contribution in [3.05, 3.63) is 0 Å². The minimum Gasteiger partial charge on any atom is -0.741 e. The van der Waals surface area contributed by atoms with Crippen LogP contribution in [0.4, 0.5) is 19.1 Å². The normalized spacial score (nSPS) is 11.9. The van der Waals surface area contributed by atoms with Crippen molar-refractivity contribution < 1.29 is 45.1 Å². The van der Waals surface area contributed by atoms with Gasteiger partial charge >= 0.3 is 29.4 Å². The lowest BCUT2D eigenvalue weighted by atomic mass is 10.1. The Bertz CT molecular complexity index is 815. The Morgan fingerprint density at radius 3 is 1.85 bits per heavy atom. The second kappa shape index (κ2) is 14.1. The molecule has 0 fully saturated rings. The third kappa shape index (κ3) is 12.5. The first-order valence-corrected chi connectivity index (χ1v) is 11.4. The Labute approximate surface area is 191 Å². The van der Waals surface area contributed by atoms with E-state index in [1.807, 2.05) is 14.1 Å². The number of aromatic nitrogens is 3. The van der Waals surface area contributed by atoms with Crippen LogP contribution in [0, 0.1) is 0 Å². The van der Waals surface area contributed by atoms with Crippen LogP contribution in [0.15, 0.2) is 0 Å². The average molecular weight is 505 g/mol. The van der Waals surface area contributed by atoms with Gasteiger partial charge in [0.2, 0.25) is 0 Å². The van der Waals surface area contributed by atoms with Gasteiger partial charge in [0.25, 0.3) is 0 Å². The van der Waals surface area contributed by atoms with Crippen LogP contribution in [0.25, 0.3) is 0 Å². The quantitative estimate of drug-likeness (QED) is 0.137. The van der Waals surface area contributed by atoms with Gasteiger partial charge in [-0.2, -0.15) is 13.2 Å². The molecule has 0 bridgehead atoms. The van der Waals surface area contributed by atoms with Crippen LogP contribution in [0.2, 0.25) is 0 Å². The Morgan fingerprint density at radius 2 is 1.42 bits per heavy atom. The number of methoxy groups -OCH3 is 2. The number of hydrogen-bond acceptors (Lipinski definition) is 10. The van der Waals surface area contributed by atoms with Gasteiger partial charge in [-0.25, -0.2) is 13.2 Å². The summed E-state index contributed by atoms with van der Waals surface area (Å²) < 4.78 is 74.4.